The fourth-order valence-electron chi connectivity index (χ4n) is 4.40. The summed E-state index contributed by atoms with van der Waals surface area (Å²) < 4.78 is 37.3. The van der Waals surface area contributed by atoms with Crippen LogP contribution in [-0.4, -0.2) is 46.0 Å². The van der Waals surface area contributed by atoms with Crippen LogP contribution in [0.1, 0.15) is 43.9 Å². The van der Waals surface area contributed by atoms with E-state index in [0.717, 1.165) is 41.2 Å². The molecule has 4 rings (SSSR count). The molecule has 2 N–H and O–H groups in total. The van der Waals surface area contributed by atoms with E-state index in [2.05, 4.69) is 27.1 Å². The molecule has 3 aromatic rings. The number of amidine groups is 1. The molecule has 40 heavy (non-hydrogen) atoms. The molecule has 1 aromatic carbocycles. The summed E-state index contributed by atoms with van der Waals surface area (Å²) in [6.45, 7) is 10.4. The van der Waals surface area contributed by atoms with Gasteiger partial charge in [-0.1, -0.05) is 12.7 Å². The average Bonchev–Trinajstić information content (AvgIpc) is 3.54. The lowest BCUT2D eigenvalue weighted by Gasteiger charge is -2.22. The molecule has 1 fully saturated rings. The van der Waals surface area contributed by atoms with Gasteiger partial charge in [0.2, 0.25) is 0 Å². The number of aliphatic imine (C=N–C) groups is 1. The summed E-state index contributed by atoms with van der Waals surface area (Å²) in [4.78, 5) is 11.4. The number of hydrogen-bond donors (Lipinski definition) is 2. The molecule has 0 amide bonds. The summed E-state index contributed by atoms with van der Waals surface area (Å²) in [5, 5.41) is 10.6. The highest BCUT2D eigenvalue weighted by Crippen LogP contribution is 2.45. The Labute approximate surface area is 237 Å². The van der Waals surface area contributed by atoms with Gasteiger partial charge in [0.25, 0.3) is 0 Å². The maximum atomic E-state index is 15.0. The molecule has 2 aromatic heterocycles. The number of benzene rings is 1. The van der Waals surface area contributed by atoms with E-state index < -0.39 is 11.6 Å². The molecular formula is C29H35F2N7OS. The van der Waals surface area contributed by atoms with E-state index in [0.29, 0.717) is 29.0 Å². The van der Waals surface area contributed by atoms with Crippen LogP contribution in [0.3, 0.4) is 0 Å². The van der Waals surface area contributed by atoms with E-state index in [-0.39, 0.29) is 11.6 Å². The van der Waals surface area contributed by atoms with Crippen molar-refractivity contribution in [3.8, 4) is 0 Å². The van der Waals surface area contributed by atoms with Crippen molar-refractivity contribution in [2.75, 3.05) is 30.6 Å². The van der Waals surface area contributed by atoms with Crippen LogP contribution in [0.25, 0.3) is 11.8 Å². The Morgan fingerprint density at radius 3 is 2.58 bits per heavy atom. The summed E-state index contributed by atoms with van der Waals surface area (Å²) in [7, 11) is 3.22. The molecule has 8 nitrogen and oxygen atoms in total. The molecule has 0 radical (unpaired) electrons. The van der Waals surface area contributed by atoms with Crippen molar-refractivity contribution in [1.82, 2.24) is 19.7 Å². The van der Waals surface area contributed by atoms with Gasteiger partial charge in [-0.2, -0.15) is 5.10 Å². The van der Waals surface area contributed by atoms with Gasteiger partial charge in [-0.25, -0.2) is 18.8 Å². The Kier molecular flexibility index (Phi) is 9.26. The number of thioether (sulfide) groups is 1. The minimum absolute atomic E-state index is 0.170. The van der Waals surface area contributed by atoms with Crippen molar-refractivity contribution < 1.29 is 13.5 Å². The second-order valence-electron chi connectivity index (χ2n) is 9.58. The molecule has 11 heteroatoms. The first-order valence-corrected chi connectivity index (χ1v) is 14.1. The number of aryl methyl sites for hydroxylation is 1. The van der Waals surface area contributed by atoms with Crippen molar-refractivity contribution in [3.05, 3.63) is 77.3 Å². The van der Waals surface area contributed by atoms with E-state index in [1.165, 1.54) is 28.8 Å². The van der Waals surface area contributed by atoms with Crippen molar-refractivity contribution in [2.45, 2.75) is 45.1 Å². The molecule has 0 bridgehead atoms. The lowest BCUT2D eigenvalue weighted by molar-refractivity contribution is 0.177. The number of ether oxygens (including phenoxy) is 1. The zero-order valence-corrected chi connectivity index (χ0v) is 24.5. The van der Waals surface area contributed by atoms with Gasteiger partial charge in [-0.15, -0.1) is 11.8 Å². The lowest BCUT2D eigenvalue weighted by atomic mass is 10.00. The van der Waals surface area contributed by atoms with E-state index in [4.69, 9.17) is 9.73 Å². The van der Waals surface area contributed by atoms with E-state index in [9.17, 15) is 8.78 Å². The number of nitrogens with one attached hydrogen (secondary N) is 2. The van der Waals surface area contributed by atoms with Crippen molar-refractivity contribution in [2.24, 2.45) is 10.9 Å². The molecule has 1 aliphatic carbocycles. The van der Waals surface area contributed by atoms with Crippen LogP contribution in [0.5, 0.6) is 0 Å². The average molecular weight is 568 g/mol. The molecule has 0 saturated heterocycles. The van der Waals surface area contributed by atoms with Gasteiger partial charge in [-0.3, -0.25) is 5.10 Å². The van der Waals surface area contributed by atoms with E-state index in [1.54, 1.807) is 33.5 Å². The van der Waals surface area contributed by atoms with Gasteiger partial charge in [0.1, 0.15) is 29.8 Å². The number of rotatable bonds is 11. The number of methoxy groups -OCH3 is 1. The maximum absolute atomic E-state index is 15.0. The Bertz CT molecular complexity index is 1460. The van der Waals surface area contributed by atoms with Gasteiger partial charge < -0.3 is 19.5 Å². The number of hydrogen-bond acceptors (Lipinski definition) is 6. The number of nitrogens with zero attached hydrogens (tertiary/aromatic N) is 5. The monoisotopic (exact) mass is 567 g/mol. The molecule has 2 heterocycles. The zero-order valence-electron chi connectivity index (χ0n) is 23.7. The topological polar surface area (TPSA) is 83.4 Å². The van der Waals surface area contributed by atoms with Gasteiger partial charge in [-0.05, 0) is 57.9 Å². The van der Waals surface area contributed by atoms with Gasteiger partial charge in [0, 0.05) is 48.2 Å². The minimum Gasteiger partial charge on any atom is -0.377 e. The van der Waals surface area contributed by atoms with Crippen molar-refractivity contribution in [1.29, 1.82) is 0 Å². The number of halogens is 2. The molecule has 1 aliphatic rings. The minimum atomic E-state index is -0.657. The summed E-state index contributed by atoms with van der Waals surface area (Å²) in [5.74, 6) is 1.09. The first-order chi connectivity index (χ1) is 19.2. The normalized spacial score (nSPS) is 14.6. The van der Waals surface area contributed by atoms with Crippen LogP contribution in [0.15, 0.2) is 58.3 Å². The van der Waals surface area contributed by atoms with Gasteiger partial charge >= 0.3 is 0 Å². The largest absolute Gasteiger partial charge is 0.377 e. The zero-order chi connectivity index (χ0) is 29.0. The molecule has 1 saturated carbocycles. The smallest absolute Gasteiger partial charge is 0.153 e. The predicted octanol–water partition coefficient (Wildman–Crippen LogP) is 6.85. The Morgan fingerprint density at radius 1 is 1.32 bits per heavy atom. The third-order valence-corrected chi connectivity index (χ3v) is 7.30. The second kappa shape index (κ2) is 12.6. The highest BCUT2D eigenvalue weighted by molar-refractivity contribution is 7.98. The molecule has 212 valence electrons. The predicted molar refractivity (Wildman–Crippen MR) is 159 cm³/mol. The third kappa shape index (κ3) is 6.37. The maximum Gasteiger partial charge on any atom is 0.153 e. The third-order valence-electron chi connectivity index (χ3n) is 6.59. The molecule has 0 aliphatic heterocycles. The van der Waals surface area contributed by atoms with Crippen LogP contribution >= 0.6 is 11.8 Å². The Balaban J connectivity index is 1.84. The number of imidazole rings is 1. The highest BCUT2D eigenvalue weighted by Gasteiger charge is 2.33. The quantitative estimate of drug-likeness (QED) is 0.114. The van der Waals surface area contributed by atoms with Crippen LogP contribution in [0, 0.1) is 24.5 Å². The van der Waals surface area contributed by atoms with Crippen LogP contribution < -0.4 is 10.2 Å². The SMILES string of the molecule is C=C(/C(=C(\N=C(/C)N(C)c1c(F)cc(SC)cc1F)Nc1cc(C)[nH]n1)C1CC1)c1cnc(COC)n1/C=C\C. The molecule has 0 spiro atoms. The van der Waals surface area contributed by atoms with Crippen LogP contribution in [0.2, 0.25) is 0 Å². The summed E-state index contributed by atoms with van der Waals surface area (Å²) in [6.07, 6.45) is 9.32. The lowest BCUT2D eigenvalue weighted by Crippen LogP contribution is -2.26. The second-order valence-corrected chi connectivity index (χ2v) is 10.5. The summed E-state index contributed by atoms with van der Waals surface area (Å²) in [6, 6.07) is 4.51. The van der Waals surface area contributed by atoms with Crippen LogP contribution in [-0.2, 0) is 11.3 Å². The van der Waals surface area contributed by atoms with Crippen LogP contribution in [0.4, 0.5) is 20.3 Å². The highest BCUT2D eigenvalue weighted by atomic mass is 32.2. The number of aromatic nitrogens is 4. The summed E-state index contributed by atoms with van der Waals surface area (Å²) >= 11 is 1.28. The Hall–Kier alpha value is -3.70. The molecule has 0 atom stereocenters. The molecule has 0 unspecified atom stereocenters. The number of H-pyrrole nitrogens is 1. The molecular weight excluding hydrogens is 532 g/mol. The fraction of sp³-hybridized carbons (Fsp3) is 0.345. The fourth-order valence-corrected chi connectivity index (χ4v) is 4.85. The number of anilines is 2. The van der Waals surface area contributed by atoms with Gasteiger partial charge in [0.05, 0.1) is 11.9 Å². The first kappa shape index (κ1) is 29.3. The van der Waals surface area contributed by atoms with E-state index >= 15 is 0 Å². The van der Waals surface area contributed by atoms with Crippen molar-refractivity contribution in [3.63, 3.8) is 0 Å². The first-order valence-electron chi connectivity index (χ1n) is 12.9. The van der Waals surface area contributed by atoms with E-state index in [1.807, 2.05) is 36.8 Å². The summed E-state index contributed by atoms with van der Waals surface area (Å²) in [5.41, 5.74) is 3.14. The van der Waals surface area contributed by atoms with Gasteiger partial charge in [0.15, 0.2) is 17.5 Å². The van der Waals surface area contributed by atoms with Crippen molar-refractivity contribution >= 4 is 40.9 Å². The number of aromatic amines is 1. The standard InChI is InChI=1S/C29H35F2N7OS/c1-8-11-38-24(15-32-26(38)16-39-6)18(3)27(20-9-10-20)29(34-25-12-17(2)35-36-25)33-19(4)37(5)28-22(30)13-21(40-7)14-23(28)31/h8,11-15,20H,3,9-10,16H2,1-2,4-7H3,(H2,34,35,36)/b11-8-,29-27-,33-19+. The Morgan fingerprint density at radius 2 is 2.02 bits per heavy atom. The number of allylic oxidation sites excluding steroid dienone is 3.